The molecule has 0 saturated heterocycles. The largest absolute Gasteiger partial charge is 0.337 e. The highest BCUT2D eigenvalue weighted by Gasteiger charge is 2.32. The van der Waals surface area contributed by atoms with E-state index in [0.717, 1.165) is 11.8 Å². The smallest absolute Gasteiger partial charge is 0.266 e. The molecule has 0 aliphatic rings. The van der Waals surface area contributed by atoms with Crippen molar-refractivity contribution in [3.05, 3.63) is 62.9 Å². The van der Waals surface area contributed by atoms with Gasteiger partial charge in [-0.05, 0) is 62.2 Å². The summed E-state index contributed by atoms with van der Waals surface area (Å²) in [5, 5.41) is 13.4. The third kappa shape index (κ3) is 4.93. The Hall–Kier alpha value is -2.53. The standard InChI is InChI=1S/C23H22Cl2N4O2S/c1-13(2)23(4,12-26)28-20(30)14(3)32-22-27-19-11-16(25)7-10-18(19)21(31)29(22)17-8-5-15(24)6-9-17/h5-11,13-14H,1-4H3,(H,28,30). The van der Waals surface area contributed by atoms with Crippen LogP contribution < -0.4 is 10.9 Å². The van der Waals surface area contributed by atoms with Gasteiger partial charge in [-0.25, -0.2) is 4.98 Å². The molecule has 0 aliphatic heterocycles. The maximum atomic E-state index is 13.4. The minimum Gasteiger partial charge on any atom is -0.337 e. The van der Waals surface area contributed by atoms with Gasteiger partial charge in [-0.1, -0.05) is 48.8 Å². The van der Waals surface area contributed by atoms with Crippen molar-refractivity contribution in [3.8, 4) is 11.8 Å². The Kier molecular flexibility index (Phi) is 7.19. The molecule has 2 aromatic carbocycles. The average Bonchev–Trinajstić information content (AvgIpc) is 2.74. The lowest BCUT2D eigenvalue weighted by atomic mass is 9.90. The Morgan fingerprint density at radius 3 is 2.38 bits per heavy atom. The monoisotopic (exact) mass is 488 g/mol. The zero-order valence-electron chi connectivity index (χ0n) is 18.0. The van der Waals surface area contributed by atoms with Gasteiger partial charge in [0.05, 0.1) is 27.9 Å². The predicted octanol–water partition coefficient (Wildman–Crippen LogP) is 5.23. The van der Waals surface area contributed by atoms with Crippen LogP contribution in [0.1, 0.15) is 27.7 Å². The maximum absolute atomic E-state index is 13.4. The van der Waals surface area contributed by atoms with E-state index in [9.17, 15) is 14.9 Å². The molecule has 6 nitrogen and oxygen atoms in total. The predicted molar refractivity (Wildman–Crippen MR) is 130 cm³/mol. The number of rotatable bonds is 6. The van der Waals surface area contributed by atoms with Crippen LogP contribution in [-0.2, 0) is 4.79 Å². The van der Waals surface area contributed by atoms with Crippen molar-refractivity contribution in [1.82, 2.24) is 14.9 Å². The summed E-state index contributed by atoms with van der Waals surface area (Å²) in [6.45, 7) is 7.13. The summed E-state index contributed by atoms with van der Waals surface area (Å²) in [6, 6.07) is 13.8. The number of nitrogens with zero attached hydrogens (tertiary/aromatic N) is 3. The molecule has 0 saturated carbocycles. The molecule has 0 radical (unpaired) electrons. The number of hydrogen-bond donors (Lipinski definition) is 1. The summed E-state index contributed by atoms with van der Waals surface area (Å²) < 4.78 is 1.45. The molecule has 0 aliphatic carbocycles. The van der Waals surface area contributed by atoms with E-state index in [4.69, 9.17) is 23.2 Å². The number of aromatic nitrogens is 2. The summed E-state index contributed by atoms with van der Waals surface area (Å²) in [6.07, 6.45) is 0. The number of carbonyl (C=O) groups excluding carboxylic acids is 1. The van der Waals surface area contributed by atoms with Crippen LogP contribution in [-0.4, -0.2) is 26.2 Å². The molecule has 1 aromatic heterocycles. The lowest BCUT2D eigenvalue weighted by molar-refractivity contribution is -0.121. The van der Waals surface area contributed by atoms with E-state index in [0.29, 0.717) is 31.8 Å². The number of thioether (sulfide) groups is 1. The van der Waals surface area contributed by atoms with E-state index < -0.39 is 10.8 Å². The van der Waals surface area contributed by atoms with E-state index in [-0.39, 0.29) is 17.4 Å². The highest BCUT2D eigenvalue weighted by Crippen LogP contribution is 2.27. The minimum absolute atomic E-state index is 0.0816. The number of halogens is 2. The van der Waals surface area contributed by atoms with E-state index in [1.807, 2.05) is 13.8 Å². The summed E-state index contributed by atoms with van der Waals surface area (Å²) in [4.78, 5) is 30.9. The molecule has 0 spiro atoms. The van der Waals surface area contributed by atoms with Crippen molar-refractivity contribution in [3.63, 3.8) is 0 Å². The Morgan fingerprint density at radius 2 is 1.78 bits per heavy atom. The van der Waals surface area contributed by atoms with Crippen LogP contribution in [0, 0.1) is 17.2 Å². The molecule has 3 rings (SSSR count). The van der Waals surface area contributed by atoms with Gasteiger partial charge in [0.1, 0.15) is 5.54 Å². The second kappa shape index (κ2) is 9.53. The van der Waals surface area contributed by atoms with Crippen molar-refractivity contribution < 1.29 is 4.79 Å². The molecule has 0 fully saturated rings. The minimum atomic E-state index is -1.01. The van der Waals surface area contributed by atoms with Crippen molar-refractivity contribution in [1.29, 1.82) is 5.26 Å². The normalized spacial score (nSPS) is 14.1. The molecule has 1 N–H and O–H groups in total. The quantitative estimate of drug-likeness (QED) is 0.379. The molecule has 0 bridgehead atoms. The van der Waals surface area contributed by atoms with Gasteiger partial charge in [0.2, 0.25) is 5.91 Å². The van der Waals surface area contributed by atoms with Gasteiger partial charge in [-0.3, -0.25) is 14.2 Å². The zero-order valence-corrected chi connectivity index (χ0v) is 20.3. The van der Waals surface area contributed by atoms with Crippen molar-refractivity contribution in [2.24, 2.45) is 5.92 Å². The summed E-state index contributed by atoms with van der Waals surface area (Å²) in [7, 11) is 0. The summed E-state index contributed by atoms with van der Waals surface area (Å²) in [5.74, 6) is -0.405. The number of nitriles is 1. The highest BCUT2D eigenvalue weighted by atomic mass is 35.5. The van der Waals surface area contributed by atoms with Crippen LogP contribution >= 0.6 is 35.0 Å². The van der Waals surface area contributed by atoms with Gasteiger partial charge >= 0.3 is 0 Å². The van der Waals surface area contributed by atoms with Gasteiger partial charge < -0.3 is 5.32 Å². The summed E-state index contributed by atoms with van der Waals surface area (Å²) in [5.41, 5.74) is -0.283. The molecule has 1 amide bonds. The summed E-state index contributed by atoms with van der Waals surface area (Å²) >= 11 is 13.3. The van der Waals surface area contributed by atoms with Crippen molar-refractivity contribution in [2.75, 3.05) is 0 Å². The SMILES string of the molecule is CC(Sc1nc2cc(Cl)ccc2c(=O)n1-c1ccc(Cl)cc1)C(=O)NC(C)(C#N)C(C)C. The van der Waals surface area contributed by atoms with E-state index >= 15 is 0 Å². The fourth-order valence-corrected chi connectivity index (χ4v) is 4.13. The highest BCUT2D eigenvalue weighted by molar-refractivity contribution is 8.00. The van der Waals surface area contributed by atoms with Crippen molar-refractivity contribution >= 4 is 51.8 Å². The number of carbonyl (C=O) groups is 1. The number of amides is 1. The fraction of sp³-hybridized carbons (Fsp3) is 0.304. The first kappa shape index (κ1) is 24.1. The Labute approximate surface area is 200 Å². The average molecular weight is 489 g/mol. The van der Waals surface area contributed by atoms with E-state index in [1.165, 1.54) is 4.57 Å². The van der Waals surface area contributed by atoms with Crippen molar-refractivity contribution in [2.45, 2.75) is 43.6 Å². The second-order valence-corrected chi connectivity index (χ2v) is 10.1. The molecule has 9 heteroatoms. The van der Waals surface area contributed by atoms with Gasteiger partial charge in [0.25, 0.3) is 5.56 Å². The molecule has 32 heavy (non-hydrogen) atoms. The number of benzene rings is 2. The first-order valence-electron chi connectivity index (χ1n) is 9.94. The first-order chi connectivity index (χ1) is 15.1. The molecule has 166 valence electrons. The molecule has 2 unspecified atom stereocenters. The van der Waals surface area contributed by atoms with Crippen LogP contribution in [0.5, 0.6) is 0 Å². The molecule has 1 heterocycles. The lowest BCUT2D eigenvalue weighted by Gasteiger charge is -2.28. The van der Waals surface area contributed by atoms with Gasteiger partial charge in [-0.2, -0.15) is 5.26 Å². The van der Waals surface area contributed by atoms with Crippen LogP contribution in [0.15, 0.2) is 52.4 Å². The third-order valence-electron chi connectivity index (χ3n) is 5.31. The number of nitrogens with one attached hydrogen (secondary N) is 1. The third-order valence-corrected chi connectivity index (χ3v) is 6.85. The van der Waals surface area contributed by atoms with Gasteiger partial charge in [-0.15, -0.1) is 0 Å². The van der Waals surface area contributed by atoms with E-state index in [2.05, 4.69) is 16.4 Å². The van der Waals surface area contributed by atoms with Gasteiger partial charge in [0.15, 0.2) is 5.16 Å². The van der Waals surface area contributed by atoms with Crippen LogP contribution in [0.3, 0.4) is 0 Å². The molecular formula is C23H22Cl2N4O2S. The van der Waals surface area contributed by atoms with Crippen LogP contribution in [0.2, 0.25) is 10.0 Å². The Balaban J connectivity index is 2.07. The molecule has 3 aromatic rings. The molecule has 2 atom stereocenters. The van der Waals surface area contributed by atoms with Crippen LogP contribution in [0.25, 0.3) is 16.6 Å². The number of hydrogen-bond acceptors (Lipinski definition) is 5. The topological polar surface area (TPSA) is 87.8 Å². The second-order valence-electron chi connectivity index (χ2n) is 7.89. The van der Waals surface area contributed by atoms with Crippen LogP contribution in [0.4, 0.5) is 0 Å². The van der Waals surface area contributed by atoms with Gasteiger partial charge in [0, 0.05) is 10.0 Å². The maximum Gasteiger partial charge on any atom is 0.266 e. The Morgan fingerprint density at radius 1 is 1.16 bits per heavy atom. The van der Waals surface area contributed by atoms with E-state index in [1.54, 1.807) is 56.3 Å². The zero-order chi connectivity index (χ0) is 23.6. The lowest BCUT2D eigenvalue weighted by Crippen LogP contribution is -2.51. The Bertz CT molecular complexity index is 1270. The fourth-order valence-electron chi connectivity index (χ4n) is 2.91. The number of fused-ring (bicyclic) bond motifs is 1. The molecular weight excluding hydrogens is 467 g/mol. The first-order valence-corrected chi connectivity index (χ1v) is 11.6.